The summed E-state index contributed by atoms with van der Waals surface area (Å²) in [6.07, 6.45) is 0. The number of aromatic nitrogens is 2. The van der Waals surface area contributed by atoms with Crippen molar-refractivity contribution in [2.45, 2.75) is 11.8 Å². The molecule has 156 valence electrons. The molecule has 1 heterocycles. The van der Waals surface area contributed by atoms with Gasteiger partial charge in [0.25, 0.3) is 15.9 Å². The monoisotopic (exact) mass is 428 g/mol. The van der Waals surface area contributed by atoms with E-state index in [2.05, 4.69) is 20.0 Å². The Labute approximate surface area is 174 Å². The van der Waals surface area contributed by atoms with Gasteiger partial charge in [-0.25, -0.2) is 8.42 Å². The minimum Gasteiger partial charge on any atom is -0.481 e. The molecular weight excluding hydrogens is 408 g/mol. The van der Waals surface area contributed by atoms with Crippen molar-refractivity contribution in [3.05, 3.63) is 65.7 Å². The first-order valence-electron chi connectivity index (χ1n) is 8.78. The molecule has 9 nitrogen and oxygen atoms in total. The Kier molecular flexibility index (Phi) is 6.17. The van der Waals surface area contributed by atoms with Crippen LogP contribution in [0.1, 0.15) is 15.9 Å². The second kappa shape index (κ2) is 8.78. The van der Waals surface area contributed by atoms with Crippen LogP contribution in [0.2, 0.25) is 0 Å². The van der Waals surface area contributed by atoms with Crippen LogP contribution in [-0.2, 0) is 10.0 Å². The highest BCUT2D eigenvalue weighted by atomic mass is 32.2. The minimum absolute atomic E-state index is 0.00421. The molecule has 10 heteroatoms. The fraction of sp³-hybridized carbons (Fsp3) is 0.150. The molecule has 2 aromatic carbocycles. The summed E-state index contributed by atoms with van der Waals surface area (Å²) in [4.78, 5) is 20.1. The van der Waals surface area contributed by atoms with Crippen LogP contribution in [0.15, 0.2) is 59.5 Å². The summed E-state index contributed by atoms with van der Waals surface area (Å²) >= 11 is 0. The van der Waals surface area contributed by atoms with E-state index >= 15 is 0 Å². The highest BCUT2D eigenvalue weighted by Gasteiger charge is 2.17. The summed E-state index contributed by atoms with van der Waals surface area (Å²) in [5.74, 6) is -0.145. The second-order valence-corrected chi connectivity index (χ2v) is 7.91. The van der Waals surface area contributed by atoms with Crippen LogP contribution in [0.5, 0.6) is 11.9 Å². The molecule has 0 atom stereocenters. The van der Waals surface area contributed by atoms with E-state index < -0.39 is 10.0 Å². The van der Waals surface area contributed by atoms with Gasteiger partial charge in [0.05, 0.1) is 19.1 Å². The Hall–Kier alpha value is -3.66. The van der Waals surface area contributed by atoms with Crippen LogP contribution in [0, 0.1) is 6.92 Å². The van der Waals surface area contributed by atoms with Gasteiger partial charge in [-0.05, 0) is 43.3 Å². The molecule has 3 aromatic rings. The van der Waals surface area contributed by atoms with Crippen molar-refractivity contribution >= 4 is 27.4 Å². The lowest BCUT2D eigenvalue weighted by molar-refractivity contribution is 0.102. The summed E-state index contributed by atoms with van der Waals surface area (Å²) < 4.78 is 37.6. The van der Waals surface area contributed by atoms with Crippen molar-refractivity contribution in [1.29, 1.82) is 0 Å². The molecule has 0 radical (unpaired) electrons. The molecule has 0 saturated heterocycles. The van der Waals surface area contributed by atoms with E-state index in [0.29, 0.717) is 11.3 Å². The lowest BCUT2D eigenvalue weighted by Crippen LogP contribution is -2.15. The number of nitrogens with one attached hydrogen (secondary N) is 2. The van der Waals surface area contributed by atoms with Crippen molar-refractivity contribution in [1.82, 2.24) is 9.97 Å². The fourth-order valence-electron chi connectivity index (χ4n) is 2.47. The highest BCUT2D eigenvalue weighted by molar-refractivity contribution is 7.92. The molecule has 30 heavy (non-hydrogen) atoms. The lowest BCUT2D eigenvalue weighted by Gasteiger charge is -2.10. The number of aryl methyl sites for hydroxylation is 1. The molecule has 1 aromatic heterocycles. The maximum absolute atomic E-state index is 12.6. The Morgan fingerprint density at radius 3 is 2.20 bits per heavy atom. The molecule has 0 fully saturated rings. The van der Waals surface area contributed by atoms with Gasteiger partial charge in [0, 0.05) is 17.3 Å². The van der Waals surface area contributed by atoms with Crippen molar-refractivity contribution in [2.75, 3.05) is 24.3 Å². The van der Waals surface area contributed by atoms with Gasteiger partial charge < -0.3 is 14.8 Å². The summed E-state index contributed by atoms with van der Waals surface area (Å²) in [7, 11) is -1.18. The van der Waals surface area contributed by atoms with E-state index in [4.69, 9.17) is 9.47 Å². The largest absolute Gasteiger partial charge is 0.481 e. The molecule has 0 aliphatic heterocycles. The molecule has 0 aliphatic rings. The van der Waals surface area contributed by atoms with Crippen LogP contribution in [-0.4, -0.2) is 38.5 Å². The van der Waals surface area contributed by atoms with Crippen LogP contribution < -0.4 is 19.5 Å². The second-order valence-electron chi connectivity index (χ2n) is 6.23. The first kappa shape index (κ1) is 21.1. The van der Waals surface area contributed by atoms with Crippen molar-refractivity contribution in [3.63, 3.8) is 0 Å². The third-order valence-electron chi connectivity index (χ3n) is 4.05. The Balaban J connectivity index is 1.74. The van der Waals surface area contributed by atoms with E-state index in [0.717, 1.165) is 5.56 Å². The number of hydrogen-bond donors (Lipinski definition) is 2. The quantitative estimate of drug-likeness (QED) is 0.594. The van der Waals surface area contributed by atoms with E-state index in [-0.39, 0.29) is 28.5 Å². The maximum atomic E-state index is 12.6. The molecular formula is C20H20N4O5S. The number of amides is 1. The van der Waals surface area contributed by atoms with Crippen molar-refractivity contribution < 1.29 is 22.7 Å². The highest BCUT2D eigenvalue weighted by Crippen LogP contribution is 2.21. The molecule has 3 rings (SSSR count). The maximum Gasteiger partial charge on any atom is 0.321 e. The first-order chi connectivity index (χ1) is 14.3. The zero-order valence-corrected chi connectivity index (χ0v) is 17.4. The van der Waals surface area contributed by atoms with Gasteiger partial charge in [-0.2, -0.15) is 9.97 Å². The number of carbonyl (C=O) groups excluding carboxylic acids is 1. The average molecular weight is 428 g/mol. The molecule has 1 amide bonds. The fourth-order valence-corrected chi connectivity index (χ4v) is 3.47. The van der Waals surface area contributed by atoms with E-state index in [1.807, 2.05) is 19.1 Å². The predicted molar refractivity (Wildman–Crippen MR) is 112 cm³/mol. The van der Waals surface area contributed by atoms with Crippen LogP contribution >= 0.6 is 0 Å². The van der Waals surface area contributed by atoms with Crippen molar-refractivity contribution in [3.8, 4) is 11.9 Å². The van der Waals surface area contributed by atoms with Gasteiger partial charge in [0.15, 0.2) is 5.82 Å². The molecule has 0 bridgehead atoms. The molecule has 0 saturated carbocycles. The van der Waals surface area contributed by atoms with Crippen LogP contribution in [0.4, 0.5) is 11.5 Å². The summed E-state index contributed by atoms with van der Waals surface area (Å²) in [5.41, 5.74) is 2.02. The van der Waals surface area contributed by atoms with Gasteiger partial charge in [0.2, 0.25) is 5.88 Å². The summed E-state index contributed by atoms with van der Waals surface area (Å²) in [6.45, 7) is 1.93. The number of rotatable bonds is 7. The molecule has 0 spiro atoms. The number of carbonyl (C=O) groups is 1. The minimum atomic E-state index is -3.93. The van der Waals surface area contributed by atoms with E-state index in [9.17, 15) is 13.2 Å². The third kappa shape index (κ3) is 5.03. The topological polar surface area (TPSA) is 120 Å². The van der Waals surface area contributed by atoms with Gasteiger partial charge in [-0.3, -0.25) is 9.52 Å². The molecule has 0 aliphatic carbocycles. The van der Waals surface area contributed by atoms with Gasteiger partial charge >= 0.3 is 6.01 Å². The average Bonchev–Trinajstić information content (AvgIpc) is 2.74. The number of sulfonamides is 1. The zero-order valence-electron chi connectivity index (χ0n) is 16.5. The summed E-state index contributed by atoms with van der Waals surface area (Å²) in [5, 5.41) is 2.73. The summed E-state index contributed by atoms with van der Waals surface area (Å²) in [6, 6.07) is 14.2. The smallest absolute Gasteiger partial charge is 0.321 e. The van der Waals surface area contributed by atoms with Crippen molar-refractivity contribution in [2.24, 2.45) is 0 Å². The first-order valence-corrected chi connectivity index (χ1v) is 10.3. The Morgan fingerprint density at radius 2 is 1.60 bits per heavy atom. The van der Waals surface area contributed by atoms with Crippen LogP contribution in [0.25, 0.3) is 0 Å². The number of nitrogens with zero attached hydrogens (tertiary/aromatic N) is 2. The number of methoxy groups -OCH3 is 2. The van der Waals surface area contributed by atoms with Gasteiger partial charge in [0.1, 0.15) is 0 Å². The number of ether oxygens (including phenoxy) is 2. The lowest BCUT2D eigenvalue weighted by atomic mass is 10.1. The van der Waals surface area contributed by atoms with Gasteiger partial charge in [-0.15, -0.1) is 0 Å². The SMILES string of the molecule is COc1cc(NS(=O)(=O)c2ccc(NC(=O)c3ccc(C)cc3)cc2)nc(OC)n1. The number of hydrogen-bond acceptors (Lipinski definition) is 7. The normalized spacial score (nSPS) is 10.9. The number of anilines is 2. The van der Waals surface area contributed by atoms with E-state index in [1.165, 1.54) is 44.6 Å². The predicted octanol–water partition coefficient (Wildman–Crippen LogP) is 2.86. The van der Waals surface area contributed by atoms with E-state index in [1.54, 1.807) is 12.1 Å². The zero-order chi connectivity index (χ0) is 21.7. The molecule has 2 N–H and O–H groups in total. The standard InChI is InChI=1S/C20H20N4O5S/c1-13-4-6-14(7-5-13)19(25)21-15-8-10-16(11-9-15)30(26,27)24-17-12-18(28-2)23-20(22-17)29-3/h4-12H,1-3H3,(H,21,25)(H,22,23,24). The van der Waals surface area contributed by atoms with Gasteiger partial charge in [-0.1, -0.05) is 17.7 Å². The third-order valence-corrected chi connectivity index (χ3v) is 5.42. The van der Waals surface area contributed by atoms with Crippen LogP contribution in [0.3, 0.4) is 0 Å². The molecule has 0 unspecified atom stereocenters. The Bertz CT molecular complexity index is 1120. The Morgan fingerprint density at radius 1 is 0.933 bits per heavy atom. The number of benzene rings is 2.